The van der Waals surface area contributed by atoms with Crippen molar-refractivity contribution in [2.75, 3.05) is 19.6 Å². The highest BCUT2D eigenvalue weighted by Gasteiger charge is 2.34. The Balaban J connectivity index is 1.23. The van der Waals surface area contributed by atoms with Gasteiger partial charge in [0.2, 0.25) is 5.91 Å². The third-order valence-corrected chi connectivity index (χ3v) is 8.33. The third kappa shape index (κ3) is 4.96. The molecule has 0 atom stereocenters. The fourth-order valence-corrected chi connectivity index (χ4v) is 6.69. The molecule has 0 spiro atoms. The van der Waals surface area contributed by atoms with Gasteiger partial charge in [0, 0.05) is 37.3 Å². The van der Waals surface area contributed by atoms with E-state index in [1.54, 1.807) is 0 Å². The van der Waals surface area contributed by atoms with E-state index in [1.807, 2.05) is 13.0 Å². The fourth-order valence-electron chi connectivity index (χ4n) is 6.69. The highest BCUT2D eigenvalue weighted by molar-refractivity contribution is 5.79. The second-order valence-corrected chi connectivity index (χ2v) is 10.6. The van der Waals surface area contributed by atoms with E-state index < -0.39 is 0 Å². The molecule has 1 aromatic carbocycles. The van der Waals surface area contributed by atoms with Crippen molar-refractivity contribution in [1.82, 2.24) is 19.4 Å². The minimum atomic E-state index is -0.235. The molecule has 0 N–H and O–H groups in total. The largest absolute Gasteiger partial charge is 0.336 e. The van der Waals surface area contributed by atoms with Crippen LogP contribution in [-0.4, -0.2) is 57.0 Å². The first kappa shape index (κ1) is 22.8. The molecule has 1 aliphatic heterocycles. The quantitative estimate of drug-likeness (QED) is 0.589. The summed E-state index contributed by atoms with van der Waals surface area (Å²) in [7, 11) is 0. The van der Waals surface area contributed by atoms with E-state index in [2.05, 4.69) is 19.4 Å². The third-order valence-electron chi connectivity index (χ3n) is 8.33. The van der Waals surface area contributed by atoms with Gasteiger partial charge < -0.3 is 9.47 Å². The maximum Gasteiger partial charge on any atom is 0.237 e. The number of nitrogens with zero attached hydrogens (tertiary/aromatic N) is 4. The monoisotopic (exact) mass is 454 g/mol. The number of carbonyl (C=O) groups is 1. The van der Waals surface area contributed by atoms with Crippen LogP contribution in [-0.2, 0) is 4.79 Å². The van der Waals surface area contributed by atoms with Crippen LogP contribution in [0.5, 0.6) is 0 Å². The van der Waals surface area contributed by atoms with Gasteiger partial charge in [0.25, 0.3) is 0 Å². The summed E-state index contributed by atoms with van der Waals surface area (Å²) in [6.45, 7) is 4.44. The van der Waals surface area contributed by atoms with E-state index in [0.29, 0.717) is 30.6 Å². The van der Waals surface area contributed by atoms with Crippen LogP contribution in [0.15, 0.2) is 18.2 Å². The van der Waals surface area contributed by atoms with Crippen molar-refractivity contribution >= 4 is 16.9 Å². The Kier molecular flexibility index (Phi) is 7.00. The summed E-state index contributed by atoms with van der Waals surface area (Å²) < 4.78 is 15.9. The van der Waals surface area contributed by atoms with Crippen molar-refractivity contribution in [2.24, 2.45) is 0 Å². The molecule has 0 radical (unpaired) electrons. The van der Waals surface area contributed by atoms with Crippen LogP contribution in [0, 0.1) is 12.7 Å². The van der Waals surface area contributed by atoms with Crippen LogP contribution in [0.1, 0.15) is 88.9 Å². The molecular weight excluding hydrogens is 415 g/mol. The predicted octanol–water partition coefficient (Wildman–Crippen LogP) is 5.61. The first-order valence-corrected chi connectivity index (χ1v) is 13.3. The van der Waals surface area contributed by atoms with Gasteiger partial charge in [-0.25, -0.2) is 9.37 Å². The van der Waals surface area contributed by atoms with Gasteiger partial charge in [0.15, 0.2) is 0 Å². The highest BCUT2D eigenvalue weighted by atomic mass is 19.1. The second kappa shape index (κ2) is 10.1. The molecule has 2 heterocycles. The smallest absolute Gasteiger partial charge is 0.237 e. The lowest BCUT2D eigenvalue weighted by Gasteiger charge is -2.43. The molecule has 1 saturated heterocycles. The van der Waals surface area contributed by atoms with Crippen molar-refractivity contribution in [3.8, 4) is 0 Å². The zero-order valence-electron chi connectivity index (χ0n) is 20.1. The number of aryl methyl sites for hydroxylation is 1. The Morgan fingerprint density at radius 2 is 1.58 bits per heavy atom. The second-order valence-electron chi connectivity index (χ2n) is 10.6. The van der Waals surface area contributed by atoms with Crippen molar-refractivity contribution in [2.45, 2.75) is 102 Å². The van der Waals surface area contributed by atoms with Gasteiger partial charge >= 0.3 is 0 Å². The van der Waals surface area contributed by atoms with E-state index in [1.165, 1.54) is 76.3 Å². The predicted molar refractivity (Wildman–Crippen MR) is 130 cm³/mol. The Hall–Kier alpha value is -1.95. The number of fused-ring (bicyclic) bond motifs is 1. The van der Waals surface area contributed by atoms with Gasteiger partial charge in [0.1, 0.15) is 11.6 Å². The van der Waals surface area contributed by atoms with Gasteiger partial charge in [-0.3, -0.25) is 9.69 Å². The molecule has 1 aromatic heterocycles. The summed E-state index contributed by atoms with van der Waals surface area (Å²) in [6.07, 6.45) is 14.5. The summed E-state index contributed by atoms with van der Waals surface area (Å²) in [5.74, 6) is 1.08. The van der Waals surface area contributed by atoms with Crippen LogP contribution in [0.2, 0.25) is 0 Å². The summed E-state index contributed by atoms with van der Waals surface area (Å²) in [4.78, 5) is 22.9. The van der Waals surface area contributed by atoms with Crippen LogP contribution < -0.4 is 0 Å². The number of benzene rings is 1. The van der Waals surface area contributed by atoms with Crippen LogP contribution >= 0.6 is 0 Å². The molecule has 3 aliphatic rings. The lowest BCUT2D eigenvalue weighted by atomic mass is 9.88. The molecule has 2 saturated carbocycles. The molecule has 0 unspecified atom stereocenters. The molecule has 180 valence electrons. The standard InChI is InChI=1S/C27H39FN4O/c1-20-29-25-18-21(28)12-13-26(25)31(20)24-14-16-30(17-15-24)19-27(33)32(22-8-4-2-5-9-22)23-10-6-3-7-11-23/h12-13,18,22-24H,2-11,14-17,19H2,1H3. The van der Waals surface area contributed by atoms with Gasteiger partial charge in [-0.05, 0) is 57.6 Å². The summed E-state index contributed by atoms with van der Waals surface area (Å²) in [6, 6.07) is 6.20. The minimum Gasteiger partial charge on any atom is -0.336 e. The van der Waals surface area contributed by atoms with E-state index in [0.717, 1.165) is 42.8 Å². The number of aromatic nitrogens is 2. The lowest BCUT2D eigenvalue weighted by Crippen LogP contribution is -2.52. The summed E-state index contributed by atoms with van der Waals surface area (Å²) in [5, 5.41) is 0. The first-order valence-electron chi connectivity index (χ1n) is 13.3. The van der Waals surface area contributed by atoms with Gasteiger partial charge in [-0.2, -0.15) is 0 Å². The van der Waals surface area contributed by atoms with Gasteiger partial charge in [-0.1, -0.05) is 38.5 Å². The maximum atomic E-state index is 13.6. The van der Waals surface area contributed by atoms with Crippen LogP contribution in [0.3, 0.4) is 0 Å². The molecule has 33 heavy (non-hydrogen) atoms. The lowest BCUT2D eigenvalue weighted by molar-refractivity contribution is -0.139. The van der Waals surface area contributed by atoms with Crippen LogP contribution in [0.25, 0.3) is 11.0 Å². The maximum absolute atomic E-state index is 13.6. The Labute approximate surface area is 197 Å². The SMILES string of the molecule is Cc1nc2cc(F)ccc2n1C1CCN(CC(=O)N(C2CCCCC2)C2CCCCC2)CC1. The van der Waals surface area contributed by atoms with E-state index >= 15 is 0 Å². The summed E-state index contributed by atoms with van der Waals surface area (Å²) in [5.41, 5.74) is 1.75. The average Bonchev–Trinajstić information content (AvgIpc) is 3.16. The fraction of sp³-hybridized carbons (Fsp3) is 0.704. The molecule has 0 bridgehead atoms. The molecule has 6 heteroatoms. The number of likely N-dealkylation sites (tertiary alicyclic amines) is 1. The first-order chi connectivity index (χ1) is 16.1. The van der Waals surface area contributed by atoms with E-state index in [9.17, 15) is 9.18 Å². The number of amides is 1. The number of carbonyl (C=O) groups excluding carboxylic acids is 1. The van der Waals surface area contributed by atoms with Crippen LogP contribution in [0.4, 0.5) is 4.39 Å². The number of hydrogen-bond acceptors (Lipinski definition) is 3. The molecular formula is C27H39FN4O. The Morgan fingerprint density at radius 1 is 0.970 bits per heavy atom. The van der Waals surface area contributed by atoms with Crippen molar-refractivity contribution < 1.29 is 9.18 Å². The van der Waals surface area contributed by atoms with Crippen molar-refractivity contribution in [1.29, 1.82) is 0 Å². The molecule has 5 nitrogen and oxygen atoms in total. The van der Waals surface area contributed by atoms with Gasteiger partial charge in [-0.15, -0.1) is 0 Å². The van der Waals surface area contributed by atoms with E-state index in [4.69, 9.17) is 0 Å². The topological polar surface area (TPSA) is 41.4 Å². The number of hydrogen-bond donors (Lipinski definition) is 0. The normalized spacial score (nSPS) is 22.1. The molecule has 5 rings (SSSR count). The zero-order chi connectivity index (χ0) is 22.8. The summed E-state index contributed by atoms with van der Waals surface area (Å²) >= 11 is 0. The average molecular weight is 455 g/mol. The van der Waals surface area contributed by atoms with Crippen molar-refractivity contribution in [3.63, 3.8) is 0 Å². The Morgan fingerprint density at radius 3 is 2.18 bits per heavy atom. The number of piperidine rings is 1. The molecule has 2 aliphatic carbocycles. The minimum absolute atomic E-state index is 0.235. The molecule has 1 amide bonds. The number of halogens is 1. The number of rotatable bonds is 5. The van der Waals surface area contributed by atoms with E-state index in [-0.39, 0.29) is 5.82 Å². The number of imidazole rings is 1. The van der Waals surface area contributed by atoms with Crippen molar-refractivity contribution in [3.05, 3.63) is 29.8 Å². The van der Waals surface area contributed by atoms with Gasteiger partial charge in [0.05, 0.1) is 17.6 Å². The molecule has 2 aromatic rings. The molecule has 3 fully saturated rings. The Bertz CT molecular complexity index is 934. The zero-order valence-corrected chi connectivity index (χ0v) is 20.1. The highest BCUT2D eigenvalue weighted by Crippen LogP contribution is 2.32.